The molecule has 0 aliphatic rings. The van der Waals surface area contributed by atoms with Crippen molar-refractivity contribution in [3.8, 4) is 0 Å². The lowest BCUT2D eigenvalue weighted by Gasteiger charge is -2.23. The number of aryl methyl sites for hydroxylation is 1. The molecule has 0 aliphatic heterocycles. The van der Waals surface area contributed by atoms with Crippen molar-refractivity contribution in [3.05, 3.63) is 106 Å². The Bertz CT molecular complexity index is 1180. The number of benzene rings is 3. The number of hydrogen-bond donors (Lipinski definition) is 1. The molecule has 0 fully saturated rings. The van der Waals surface area contributed by atoms with E-state index in [1.54, 1.807) is 42.5 Å². The second-order valence-electron chi connectivity index (χ2n) is 6.89. The number of halogens is 1. The van der Waals surface area contributed by atoms with Crippen molar-refractivity contribution in [2.24, 2.45) is 0 Å². The molecule has 0 aromatic heterocycles. The Kier molecular flexibility index (Phi) is 6.84. The molecule has 0 unspecified atom stereocenters. The van der Waals surface area contributed by atoms with Crippen molar-refractivity contribution >= 4 is 33.1 Å². The highest BCUT2D eigenvalue weighted by Gasteiger charge is 2.32. The molecule has 0 aliphatic carbocycles. The van der Waals surface area contributed by atoms with Crippen LogP contribution in [0.1, 0.15) is 27.5 Å². The van der Waals surface area contributed by atoms with E-state index in [0.717, 1.165) is 5.56 Å². The number of carbonyl (C=O) groups excluding carboxylic acids is 1. The monoisotopic (exact) mass is 458 g/mol. The Labute approximate surface area is 184 Å². The summed E-state index contributed by atoms with van der Waals surface area (Å²) in [5.41, 5.74) is 1.37. The number of sulfonamides is 1. The zero-order chi connectivity index (χ0) is 22.6. The maximum absolute atomic E-state index is 13.0. The zero-order valence-corrected chi connectivity index (χ0v) is 18.0. The number of nitrogens with one attached hydrogen (secondary N) is 1. The van der Waals surface area contributed by atoms with Crippen LogP contribution in [0.5, 0.6) is 0 Å². The molecular formula is C22H19ClN2O5S. The minimum atomic E-state index is -4.03. The van der Waals surface area contributed by atoms with Gasteiger partial charge in [0.2, 0.25) is 10.0 Å². The van der Waals surface area contributed by atoms with E-state index in [0.29, 0.717) is 11.1 Å². The Morgan fingerprint density at radius 1 is 0.968 bits per heavy atom. The lowest BCUT2D eigenvalue weighted by Crippen LogP contribution is -2.37. The molecule has 160 valence electrons. The molecule has 3 rings (SSSR count). The number of hydrogen-bond acceptors (Lipinski definition) is 5. The molecule has 0 saturated heterocycles. The minimum Gasteiger partial charge on any atom is -0.292 e. The molecule has 0 radical (unpaired) electrons. The Hall–Kier alpha value is -3.07. The van der Waals surface area contributed by atoms with E-state index in [1.165, 1.54) is 36.4 Å². The van der Waals surface area contributed by atoms with E-state index in [4.69, 9.17) is 11.6 Å². The lowest BCUT2D eigenvalue weighted by molar-refractivity contribution is -0.384. The van der Waals surface area contributed by atoms with Crippen LogP contribution in [0.2, 0.25) is 0 Å². The number of nitrogens with zero attached hydrogens (tertiary/aromatic N) is 1. The van der Waals surface area contributed by atoms with Gasteiger partial charge < -0.3 is 0 Å². The van der Waals surface area contributed by atoms with Crippen LogP contribution in [0.3, 0.4) is 0 Å². The number of non-ortho nitro benzene ring substituents is 1. The van der Waals surface area contributed by atoms with Gasteiger partial charge in [0, 0.05) is 17.7 Å². The average Bonchev–Trinajstić information content (AvgIpc) is 2.77. The number of rotatable bonds is 8. The van der Waals surface area contributed by atoms with Gasteiger partial charge in [-0.15, -0.1) is 11.6 Å². The molecule has 2 atom stereocenters. The third kappa shape index (κ3) is 5.35. The third-order valence-electron chi connectivity index (χ3n) is 4.68. The Balaban J connectivity index is 2.00. The summed E-state index contributed by atoms with van der Waals surface area (Å²) in [6, 6.07) is 18.6. The molecule has 0 amide bonds. The molecule has 1 N–H and O–H groups in total. The Morgan fingerprint density at radius 2 is 1.55 bits per heavy atom. The van der Waals surface area contributed by atoms with E-state index in [9.17, 15) is 23.3 Å². The predicted molar refractivity (Wildman–Crippen MR) is 118 cm³/mol. The van der Waals surface area contributed by atoms with Crippen molar-refractivity contribution in [3.63, 3.8) is 0 Å². The number of ketones is 1. The van der Waals surface area contributed by atoms with Crippen LogP contribution >= 0.6 is 11.6 Å². The van der Waals surface area contributed by atoms with Gasteiger partial charge in [0.25, 0.3) is 5.69 Å². The summed E-state index contributed by atoms with van der Waals surface area (Å²) in [5.74, 6) is -0.475. The predicted octanol–water partition coefficient (Wildman–Crippen LogP) is 4.41. The van der Waals surface area contributed by atoms with Crippen LogP contribution in [0.4, 0.5) is 5.69 Å². The molecule has 3 aromatic rings. The summed E-state index contributed by atoms with van der Waals surface area (Å²) >= 11 is 6.48. The highest BCUT2D eigenvalue weighted by molar-refractivity contribution is 7.89. The highest BCUT2D eigenvalue weighted by Crippen LogP contribution is 2.28. The van der Waals surface area contributed by atoms with Gasteiger partial charge >= 0.3 is 0 Å². The van der Waals surface area contributed by atoms with Crippen LogP contribution in [0, 0.1) is 17.0 Å². The zero-order valence-electron chi connectivity index (χ0n) is 16.4. The number of Topliss-reactive ketones (excluding diaryl/α,β-unsaturated/α-hetero) is 1. The summed E-state index contributed by atoms with van der Waals surface area (Å²) in [7, 11) is -4.03. The molecule has 0 saturated carbocycles. The van der Waals surface area contributed by atoms with Gasteiger partial charge in [0.05, 0.1) is 15.9 Å². The molecule has 0 bridgehead atoms. The topological polar surface area (TPSA) is 106 Å². The van der Waals surface area contributed by atoms with Gasteiger partial charge in [-0.25, -0.2) is 13.1 Å². The van der Waals surface area contributed by atoms with E-state index in [2.05, 4.69) is 4.72 Å². The summed E-state index contributed by atoms with van der Waals surface area (Å²) in [5, 5.41) is 9.68. The van der Waals surface area contributed by atoms with Crippen molar-refractivity contribution < 1.29 is 18.1 Å². The van der Waals surface area contributed by atoms with Crippen molar-refractivity contribution in [2.75, 3.05) is 0 Å². The first-order valence-corrected chi connectivity index (χ1v) is 11.2. The van der Waals surface area contributed by atoms with E-state index in [-0.39, 0.29) is 10.6 Å². The lowest BCUT2D eigenvalue weighted by atomic mass is 9.98. The first-order valence-electron chi connectivity index (χ1n) is 9.26. The molecule has 0 heterocycles. The maximum Gasteiger partial charge on any atom is 0.269 e. The number of nitro benzene ring substituents is 1. The molecular weight excluding hydrogens is 440 g/mol. The fourth-order valence-corrected chi connectivity index (χ4v) is 4.61. The second kappa shape index (κ2) is 9.38. The minimum absolute atomic E-state index is 0.0149. The first kappa shape index (κ1) is 22.6. The van der Waals surface area contributed by atoms with Gasteiger partial charge in [0.15, 0.2) is 5.78 Å². The van der Waals surface area contributed by atoms with Gasteiger partial charge in [0.1, 0.15) is 5.38 Å². The molecule has 31 heavy (non-hydrogen) atoms. The van der Waals surface area contributed by atoms with Gasteiger partial charge in [-0.05, 0) is 24.6 Å². The van der Waals surface area contributed by atoms with E-state index in [1.807, 2.05) is 6.92 Å². The van der Waals surface area contributed by atoms with Crippen molar-refractivity contribution in [2.45, 2.75) is 23.2 Å². The Morgan fingerprint density at radius 3 is 2.10 bits per heavy atom. The summed E-state index contributed by atoms with van der Waals surface area (Å²) in [6.45, 7) is 1.83. The number of carbonyl (C=O) groups is 1. The number of alkyl halides is 1. The van der Waals surface area contributed by atoms with Crippen LogP contribution in [0.15, 0.2) is 83.8 Å². The number of nitro groups is 1. The molecule has 9 heteroatoms. The molecule has 3 aromatic carbocycles. The van der Waals surface area contributed by atoms with Crippen molar-refractivity contribution in [1.82, 2.24) is 4.72 Å². The molecule has 7 nitrogen and oxygen atoms in total. The van der Waals surface area contributed by atoms with Gasteiger partial charge in [-0.1, -0.05) is 60.2 Å². The second-order valence-corrected chi connectivity index (χ2v) is 9.08. The smallest absolute Gasteiger partial charge is 0.269 e. The largest absolute Gasteiger partial charge is 0.292 e. The summed E-state index contributed by atoms with van der Waals surface area (Å²) in [6.07, 6.45) is 0. The summed E-state index contributed by atoms with van der Waals surface area (Å²) < 4.78 is 28.4. The third-order valence-corrected chi connectivity index (χ3v) is 6.59. The maximum atomic E-state index is 13.0. The van der Waals surface area contributed by atoms with Crippen LogP contribution in [-0.4, -0.2) is 24.5 Å². The SMILES string of the molecule is Cc1ccc(S(=O)(=O)N[C@H](c2ccc([N+](=O)[O-])cc2)[C@@H](Cl)C(=O)c2ccccc2)cc1. The van der Waals surface area contributed by atoms with E-state index < -0.39 is 32.1 Å². The fraction of sp³-hybridized carbons (Fsp3) is 0.136. The van der Waals surface area contributed by atoms with Crippen molar-refractivity contribution in [1.29, 1.82) is 0 Å². The fourth-order valence-electron chi connectivity index (χ4n) is 2.97. The quantitative estimate of drug-likeness (QED) is 0.233. The van der Waals surface area contributed by atoms with Crippen LogP contribution in [-0.2, 0) is 10.0 Å². The molecule has 0 spiro atoms. The summed E-state index contributed by atoms with van der Waals surface area (Å²) in [4.78, 5) is 23.3. The van der Waals surface area contributed by atoms with Crippen LogP contribution in [0.25, 0.3) is 0 Å². The van der Waals surface area contributed by atoms with Gasteiger partial charge in [-0.3, -0.25) is 14.9 Å². The van der Waals surface area contributed by atoms with E-state index >= 15 is 0 Å². The highest BCUT2D eigenvalue weighted by atomic mass is 35.5. The van der Waals surface area contributed by atoms with Gasteiger partial charge in [-0.2, -0.15) is 0 Å². The normalized spacial score (nSPS) is 13.4. The average molecular weight is 459 g/mol. The first-order chi connectivity index (χ1) is 14.7. The van der Waals surface area contributed by atoms with Crippen LogP contribution < -0.4 is 4.72 Å². The standard InChI is InChI=1S/C22H19ClN2O5S/c1-15-7-13-19(14-8-15)31(29,30)24-21(16-9-11-18(12-10-16)25(27)28)20(23)22(26)17-5-3-2-4-6-17/h2-14,20-21,24H,1H3/t20-,21-/m1/s1.